The molecule has 0 saturated carbocycles. The number of benzene rings is 1. The highest BCUT2D eigenvalue weighted by molar-refractivity contribution is 7.91. The number of hydrogen-bond acceptors (Lipinski definition) is 8. The lowest BCUT2D eigenvalue weighted by Crippen LogP contribution is -2.30. The summed E-state index contributed by atoms with van der Waals surface area (Å²) in [7, 11) is -2.33. The number of furan rings is 1. The lowest BCUT2D eigenvalue weighted by atomic mass is 10.2. The molecule has 3 aromatic rings. The van der Waals surface area contributed by atoms with Gasteiger partial charge in [-0.2, -0.15) is 4.31 Å². The maximum absolute atomic E-state index is 12.8. The Kier molecular flexibility index (Phi) is 6.07. The van der Waals surface area contributed by atoms with Crippen LogP contribution >= 0.6 is 11.3 Å². The molecule has 9 nitrogen and oxygen atoms in total. The zero-order valence-corrected chi connectivity index (χ0v) is 16.8. The average molecular weight is 422 g/mol. The van der Waals surface area contributed by atoms with E-state index in [0.29, 0.717) is 17.1 Å². The highest BCUT2D eigenvalue weighted by Gasteiger charge is 2.28. The SMILES string of the molecule is CCN(Cc1ccco1)S(=O)(=O)c1nnc(NC(=O)c2ccc(OC)cc2)s1. The fourth-order valence-corrected chi connectivity index (χ4v) is 4.78. The second-order valence-corrected chi connectivity index (χ2v) is 8.66. The third-order valence-electron chi connectivity index (χ3n) is 3.80. The molecule has 3 rings (SSSR count). The summed E-state index contributed by atoms with van der Waals surface area (Å²) in [4.78, 5) is 12.3. The van der Waals surface area contributed by atoms with Crippen molar-refractivity contribution in [2.45, 2.75) is 17.8 Å². The number of nitrogens with one attached hydrogen (secondary N) is 1. The van der Waals surface area contributed by atoms with Gasteiger partial charge in [-0.1, -0.05) is 18.3 Å². The van der Waals surface area contributed by atoms with Crippen LogP contribution in [-0.2, 0) is 16.6 Å². The Labute approximate surface area is 166 Å². The number of nitrogens with zero attached hydrogens (tertiary/aromatic N) is 3. The molecule has 1 aromatic carbocycles. The first-order valence-electron chi connectivity index (χ1n) is 8.25. The van der Waals surface area contributed by atoms with Gasteiger partial charge in [0.1, 0.15) is 11.5 Å². The Bertz CT molecular complexity index is 1030. The number of sulfonamides is 1. The van der Waals surface area contributed by atoms with Crippen LogP contribution in [0.2, 0.25) is 0 Å². The molecule has 11 heteroatoms. The number of ether oxygens (including phenoxy) is 1. The number of carbonyl (C=O) groups excluding carboxylic acids is 1. The van der Waals surface area contributed by atoms with Crippen molar-refractivity contribution >= 4 is 32.4 Å². The van der Waals surface area contributed by atoms with Crippen molar-refractivity contribution in [3.63, 3.8) is 0 Å². The third kappa shape index (κ3) is 4.38. The summed E-state index contributed by atoms with van der Waals surface area (Å²) in [6, 6.07) is 9.87. The first kappa shape index (κ1) is 20.0. The topological polar surface area (TPSA) is 115 Å². The number of methoxy groups -OCH3 is 1. The summed E-state index contributed by atoms with van der Waals surface area (Å²) in [6.07, 6.45) is 1.48. The van der Waals surface area contributed by atoms with Crippen molar-refractivity contribution in [2.75, 3.05) is 19.0 Å². The smallest absolute Gasteiger partial charge is 0.272 e. The number of rotatable bonds is 8. The molecule has 0 aliphatic rings. The van der Waals surface area contributed by atoms with E-state index >= 15 is 0 Å². The quantitative estimate of drug-likeness (QED) is 0.555. The lowest BCUT2D eigenvalue weighted by Gasteiger charge is -2.16. The molecule has 148 valence electrons. The average Bonchev–Trinajstić information content (AvgIpc) is 3.38. The van der Waals surface area contributed by atoms with Crippen LogP contribution in [0.1, 0.15) is 23.0 Å². The van der Waals surface area contributed by atoms with Gasteiger partial charge in [0.15, 0.2) is 0 Å². The second kappa shape index (κ2) is 8.50. The van der Waals surface area contributed by atoms with Gasteiger partial charge in [0.25, 0.3) is 15.9 Å². The Hall–Kier alpha value is -2.76. The van der Waals surface area contributed by atoms with Gasteiger partial charge in [-0.15, -0.1) is 10.2 Å². The van der Waals surface area contributed by atoms with Gasteiger partial charge in [0.2, 0.25) is 9.47 Å². The molecular weight excluding hydrogens is 404 g/mol. The van der Waals surface area contributed by atoms with Crippen LogP contribution in [0.4, 0.5) is 5.13 Å². The molecule has 0 atom stereocenters. The van der Waals surface area contributed by atoms with E-state index in [9.17, 15) is 13.2 Å². The van der Waals surface area contributed by atoms with Gasteiger partial charge in [-0.25, -0.2) is 8.42 Å². The zero-order chi connectivity index (χ0) is 20.1. The summed E-state index contributed by atoms with van der Waals surface area (Å²) in [5.74, 6) is 0.714. The maximum atomic E-state index is 12.8. The predicted octanol–water partition coefficient (Wildman–Crippen LogP) is 2.60. The standard InChI is InChI=1S/C17H18N4O5S2/c1-3-21(11-14-5-4-10-26-14)28(23,24)17-20-19-16(27-17)18-15(22)12-6-8-13(25-2)9-7-12/h4-10H,3,11H2,1-2H3,(H,18,19,22). The van der Waals surface area contributed by atoms with Crippen LogP contribution in [0, 0.1) is 0 Å². The van der Waals surface area contributed by atoms with E-state index in [2.05, 4.69) is 15.5 Å². The minimum atomic E-state index is -3.87. The number of amides is 1. The van der Waals surface area contributed by atoms with Crippen molar-refractivity contribution in [2.24, 2.45) is 0 Å². The second-order valence-electron chi connectivity index (χ2n) is 5.57. The van der Waals surface area contributed by atoms with E-state index in [1.54, 1.807) is 43.3 Å². The van der Waals surface area contributed by atoms with E-state index in [1.165, 1.54) is 17.7 Å². The molecule has 0 aliphatic heterocycles. The van der Waals surface area contributed by atoms with Gasteiger partial charge in [-0.3, -0.25) is 10.1 Å². The fraction of sp³-hybridized carbons (Fsp3) is 0.235. The molecule has 1 N–H and O–H groups in total. The van der Waals surface area contributed by atoms with Crippen LogP contribution in [0.5, 0.6) is 5.75 Å². The molecule has 2 aromatic heterocycles. The lowest BCUT2D eigenvalue weighted by molar-refractivity contribution is 0.102. The van der Waals surface area contributed by atoms with Gasteiger partial charge in [0, 0.05) is 12.1 Å². The van der Waals surface area contributed by atoms with Crippen molar-refractivity contribution < 1.29 is 22.4 Å². The van der Waals surface area contributed by atoms with Gasteiger partial charge in [-0.05, 0) is 36.4 Å². The van der Waals surface area contributed by atoms with E-state index < -0.39 is 15.9 Å². The van der Waals surface area contributed by atoms with Crippen molar-refractivity contribution in [1.82, 2.24) is 14.5 Å². The zero-order valence-electron chi connectivity index (χ0n) is 15.2. The van der Waals surface area contributed by atoms with Gasteiger partial charge >= 0.3 is 0 Å². The highest BCUT2D eigenvalue weighted by atomic mass is 32.2. The molecule has 0 radical (unpaired) electrons. The number of hydrogen-bond donors (Lipinski definition) is 1. The molecule has 0 bridgehead atoms. The summed E-state index contributed by atoms with van der Waals surface area (Å²) < 4.78 is 36.9. The van der Waals surface area contributed by atoms with E-state index in [1.807, 2.05) is 0 Å². The van der Waals surface area contributed by atoms with Crippen LogP contribution in [-0.4, -0.2) is 42.5 Å². The maximum Gasteiger partial charge on any atom is 0.272 e. The van der Waals surface area contributed by atoms with Crippen molar-refractivity contribution in [3.8, 4) is 5.75 Å². The fourth-order valence-electron chi connectivity index (χ4n) is 2.33. The number of carbonyl (C=O) groups is 1. The molecular formula is C17H18N4O5S2. The number of anilines is 1. The first-order valence-corrected chi connectivity index (χ1v) is 10.5. The largest absolute Gasteiger partial charge is 0.497 e. The summed E-state index contributed by atoms with van der Waals surface area (Å²) in [5, 5.41) is 10.2. The van der Waals surface area contributed by atoms with Gasteiger partial charge in [0.05, 0.1) is 19.9 Å². The molecule has 0 unspecified atom stereocenters. The van der Waals surface area contributed by atoms with Crippen molar-refractivity contribution in [3.05, 3.63) is 54.0 Å². The minimum absolute atomic E-state index is 0.0823. The predicted molar refractivity (Wildman–Crippen MR) is 103 cm³/mol. The first-order chi connectivity index (χ1) is 13.4. The molecule has 0 aliphatic carbocycles. The summed E-state index contributed by atoms with van der Waals surface area (Å²) >= 11 is 0.788. The van der Waals surface area contributed by atoms with E-state index in [0.717, 1.165) is 11.3 Å². The monoisotopic (exact) mass is 422 g/mol. The normalized spacial score (nSPS) is 11.5. The van der Waals surface area contributed by atoms with Crippen LogP contribution in [0.15, 0.2) is 51.4 Å². The van der Waals surface area contributed by atoms with E-state index in [4.69, 9.17) is 9.15 Å². The summed E-state index contributed by atoms with van der Waals surface area (Å²) in [5.41, 5.74) is 0.383. The summed E-state index contributed by atoms with van der Waals surface area (Å²) in [6.45, 7) is 2.03. The van der Waals surface area contributed by atoms with E-state index in [-0.39, 0.29) is 22.6 Å². The molecule has 1 amide bonds. The highest BCUT2D eigenvalue weighted by Crippen LogP contribution is 2.25. The Morgan fingerprint density at radius 2 is 2.00 bits per heavy atom. The molecule has 0 saturated heterocycles. The van der Waals surface area contributed by atoms with Crippen molar-refractivity contribution in [1.29, 1.82) is 0 Å². The molecule has 28 heavy (non-hydrogen) atoms. The Morgan fingerprint density at radius 1 is 1.25 bits per heavy atom. The van der Waals surface area contributed by atoms with Crippen LogP contribution in [0.25, 0.3) is 0 Å². The van der Waals surface area contributed by atoms with Crippen LogP contribution < -0.4 is 10.1 Å². The molecule has 0 fully saturated rings. The third-order valence-corrected chi connectivity index (χ3v) is 6.91. The number of aromatic nitrogens is 2. The Morgan fingerprint density at radius 3 is 2.61 bits per heavy atom. The molecule has 2 heterocycles. The van der Waals surface area contributed by atoms with Crippen LogP contribution in [0.3, 0.4) is 0 Å². The molecule has 0 spiro atoms. The minimum Gasteiger partial charge on any atom is -0.497 e. The van der Waals surface area contributed by atoms with Gasteiger partial charge < -0.3 is 9.15 Å². The Balaban J connectivity index is 1.73.